The van der Waals surface area contributed by atoms with Crippen LogP contribution in [0.3, 0.4) is 0 Å². The Labute approximate surface area is 223 Å². The van der Waals surface area contributed by atoms with E-state index in [4.69, 9.17) is 4.74 Å². The number of benzene rings is 1. The van der Waals surface area contributed by atoms with E-state index >= 15 is 0 Å². The Morgan fingerprint density at radius 1 is 1.08 bits per heavy atom. The molecule has 3 aromatic rings. The number of pyridine rings is 1. The Bertz CT molecular complexity index is 1260. The van der Waals surface area contributed by atoms with Gasteiger partial charge in [0.15, 0.2) is 12.4 Å². The third-order valence-electron chi connectivity index (χ3n) is 8.14. The lowest BCUT2D eigenvalue weighted by Crippen LogP contribution is -2.29. The summed E-state index contributed by atoms with van der Waals surface area (Å²) in [5, 5.41) is 5.39. The van der Waals surface area contributed by atoms with Gasteiger partial charge in [0.2, 0.25) is 5.88 Å². The quantitative estimate of drug-likeness (QED) is 0.328. The number of hydrogen-bond acceptors (Lipinski definition) is 5. The summed E-state index contributed by atoms with van der Waals surface area (Å²) < 4.78 is 33.2. The summed E-state index contributed by atoms with van der Waals surface area (Å²) in [5.74, 6) is -1.17. The number of ketones is 1. The van der Waals surface area contributed by atoms with E-state index in [9.17, 15) is 13.6 Å². The fourth-order valence-electron chi connectivity index (χ4n) is 5.98. The normalized spacial score (nSPS) is 20.7. The molecule has 0 atom stereocenters. The van der Waals surface area contributed by atoms with Crippen LogP contribution in [0.5, 0.6) is 5.88 Å². The van der Waals surface area contributed by atoms with Gasteiger partial charge in [-0.3, -0.25) is 9.48 Å². The first kappa shape index (κ1) is 26.7. The minimum atomic E-state index is -2.87. The molecule has 0 bridgehead atoms. The van der Waals surface area contributed by atoms with Crippen molar-refractivity contribution < 1.29 is 18.3 Å². The Morgan fingerprint density at radius 2 is 1.84 bits per heavy atom. The van der Waals surface area contributed by atoms with Crippen molar-refractivity contribution in [3.63, 3.8) is 0 Å². The maximum Gasteiger partial charge on any atom is 0.278 e. The van der Waals surface area contributed by atoms with Crippen LogP contribution in [0, 0.1) is 11.8 Å². The third-order valence-corrected chi connectivity index (χ3v) is 8.14. The number of carbonyl (C=O) groups is 1. The molecule has 0 radical (unpaired) electrons. The van der Waals surface area contributed by atoms with Gasteiger partial charge in [-0.05, 0) is 55.7 Å². The first-order valence-corrected chi connectivity index (χ1v) is 13.9. The molecule has 3 heterocycles. The zero-order valence-electron chi connectivity index (χ0n) is 22.5. The zero-order chi connectivity index (χ0) is 26.7. The summed E-state index contributed by atoms with van der Waals surface area (Å²) in [6.07, 6.45) is 10.1. The maximum atomic E-state index is 13.1. The van der Waals surface area contributed by atoms with Gasteiger partial charge in [0.1, 0.15) is 0 Å². The molecule has 5 rings (SSSR count). The van der Waals surface area contributed by atoms with Crippen molar-refractivity contribution >= 4 is 16.7 Å². The lowest BCUT2D eigenvalue weighted by Gasteiger charge is -2.30. The van der Waals surface area contributed by atoms with Gasteiger partial charge in [0.05, 0.1) is 5.52 Å². The van der Waals surface area contributed by atoms with E-state index in [1.807, 2.05) is 37.5 Å². The predicted octanol–water partition coefficient (Wildman–Crippen LogP) is 5.87. The maximum absolute atomic E-state index is 13.1. The second-order valence-electron chi connectivity index (χ2n) is 11.3. The molecule has 6 nitrogen and oxygen atoms in total. The van der Waals surface area contributed by atoms with Crippen molar-refractivity contribution in [2.75, 3.05) is 26.2 Å². The number of halogens is 2. The average molecular weight is 525 g/mol. The lowest BCUT2D eigenvalue weighted by atomic mass is 9.78. The Kier molecular flexibility index (Phi) is 8.07. The molecule has 1 aliphatic carbocycles. The molecule has 0 N–H and O–H groups in total. The molecule has 0 amide bonds. The SMILES string of the molecule is Cn1cc2c(C(=O)CC3CCC(CCN4CCc5ccc(OCC(C)(F)F)nc5CC4)CC3)cccc2n1. The minimum absolute atomic E-state index is 0.238. The number of nitrogens with zero attached hydrogens (tertiary/aromatic N) is 4. The van der Waals surface area contributed by atoms with Crippen LogP contribution in [0.2, 0.25) is 0 Å². The molecule has 204 valence electrons. The molecule has 1 fully saturated rings. The number of aromatic nitrogens is 3. The largest absolute Gasteiger partial charge is 0.471 e. The van der Waals surface area contributed by atoms with Gasteiger partial charge in [-0.15, -0.1) is 0 Å². The summed E-state index contributed by atoms with van der Waals surface area (Å²) in [5.41, 5.74) is 3.84. The minimum Gasteiger partial charge on any atom is -0.471 e. The van der Waals surface area contributed by atoms with Gasteiger partial charge in [-0.1, -0.05) is 31.0 Å². The van der Waals surface area contributed by atoms with Crippen molar-refractivity contribution in [2.24, 2.45) is 18.9 Å². The fourth-order valence-corrected chi connectivity index (χ4v) is 5.98. The molecular formula is C30H38F2N4O2. The van der Waals surface area contributed by atoms with E-state index in [1.54, 1.807) is 10.7 Å². The molecule has 38 heavy (non-hydrogen) atoms. The van der Waals surface area contributed by atoms with E-state index in [-0.39, 0.29) is 11.7 Å². The number of ether oxygens (including phenoxy) is 1. The smallest absolute Gasteiger partial charge is 0.278 e. The van der Waals surface area contributed by atoms with Crippen LogP contribution in [-0.4, -0.2) is 57.6 Å². The fraction of sp³-hybridized carbons (Fsp3) is 0.567. The van der Waals surface area contributed by atoms with E-state index in [0.29, 0.717) is 18.3 Å². The number of Topliss-reactive ketones (excluding diaryl/α,β-unsaturated/α-hetero) is 1. The number of aryl methyl sites for hydroxylation is 1. The highest BCUT2D eigenvalue weighted by Gasteiger charge is 2.26. The van der Waals surface area contributed by atoms with Crippen LogP contribution >= 0.6 is 0 Å². The standard InChI is InChI=1S/C30H38F2N4O2/c1-30(31,32)20-38-29-11-10-23-13-16-36(17-14-26(23)33-29)15-12-21-6-8-22(9-7-21)18-28(37)24-4-3-5-27-25(24)19-35(2)34-27/h3-5,10-11,19,21-22H,6-9,12-18,20H2,1-2H3. The Balaban J connectivity index is 1.06. The Hall–Kier alpha value is -2.87. The molecule has 2 aromatic heterocycles. The van der Waals surface area contributed by atoms with Crippen LogP contribution in [0.4, 0.5) is 8.78 Å². The first-order valence-electron chi connectivity index (χ1n) is 13.9. The summed E-state index contributed by atoms with van der Waals surface area (Å²) >= 11 is 0. The van der Waals surface area contributed by atoms with Gasteiger partial charge < -0.3 is 9.64 Å². The van der Waals surface area contributed by atoms with Crippen LogP contribution < -0.4 is 4.74 Å². The second-order valence-corrected chi connectivity index (χ2v) is 11.3. The molecule has 8 heteroatoms. The van der Waals surface area contributed by atoms with E-state index in [1.165, 1.54) is 24.8 Å². The summed E-state index contributed by atoms with van der Waals surface area (Å²) in [6, 6.07) is 9.51. The highest BCUT2D eigenvalue weighted by atomic mass is 19.3. The monoisotopic (exact) mass is 524 g/mol. The van der Waals surface area contributed by atoms with Gasteiger partial charge in [-0.25, -0.2) is 13.8 Å². The van der Waals surface area contributed by atoms with Crippen LogP contribution in [-0.2, 0) is 19.9 Å². The van der Waals surface area contributed by atoms with Crippen molar-refractivity contribution in [2.45, 2.75) is 64.2 Å². The summed E-state index contributed by atoms with van der Waals surface area (Å²) in [7, 11) is 1.89. The highest BCUT2D eigenvalue weighted by molar-refractivity contribution is 6.07. The van der Waals surface area contributed by atoms with Crippen molar-refractivity contribution in [3.05, 3.63) is 53.3 Å². The van der Waals surface area contributed by atoms with Crippen molar-refractivity contribution in [1.29, 1.82) is 0 Å². The van der Waals surface area contributed by atoms with Crippen molar-refractivity contribution in [3.8, 4) is 5.88 Å². The molecule has 1 aliphatic heterocycles. The van der Waals surface area contributed by atoms with Gasteiger partial charge in [0.25, 0.3) is 5.92 Å². The van der Waals surface area contributed by atoms with Gasteiger partial charge in [0, 0.05) is 68.8 Å². The topological polar surface area (TPSA) is 60.2 Å². The highest BCUT2D eigenvalue weighted by Crippen LogP contribution is 2.34. The number of alkyl halides is 2. The summed E-state index contributed by atoms with van der Waals surface area (Å²) in [4.78, 5) is 20.1. The molecular weight excluding hydrogens is 486 g/mol. The molecule has 1 saturated carbocycles. The molecule has 0 unspecified atom stereocenters. The number of rotatable bonds is 9. The first-order chi connectivity index (χ1) is 18.2. The van der Waals surface area contributed by atoms with Crippen molar-refractivity contribution in [1.82, 2.24) is 19.7 Å². The molecule has 1 aromatic carbocycles. The lowest BCUT2D eigenvalue weighted by molar-refractivity contribution is -0.0243. The second kappa shape index (κ2) is 11.5. The average Bonchev–Trinajstić information content (AvgIpc) is 3.16. The summed E-state index contributed by atoms with van der Waals surface area (Å²) in [6.45, 7) is 3.19. The molecule has 0 saturated heterocycles. The van der Waals surface area contributed by atoms with E-state index in [0.717, 1.165) is 74.4 Å². The van der Waals surface area contributed by atoms with Crippen LogP contribution in [0.1, 0.15) is 67.1 Å². The number of carbonyl (C=O) groups excluding carboxylic acids is 1. The van der Waals surface area contributed by atoms with E-state index < -0.39 is 12.5 Å². The predicted molar refractivity (Wildman–Crippen MR) is 144 cm³/mol. The van der Waals surface area contributed by atoms with E-state index in [2.05, 4.69) is 15.0 Å². The number of hydrogen-bond donors (Lipinski definition) is 0. The number of fused-ring (bicyclic) bond motifs is 2. The molecule has 2 aliphatic rings. The molecule has 0 spiro atoms. The van der Waals surface area contributed by atoms with Crippen LogP contribution in [0.25, 0.3) is 10.9 Å². The van der Waals surface area contributed by atoms with Gasteiger partial charge >= 0.3 is 0 Å². The zero-order valence-corrected chi connectivity index (χ0v) is 22.5. The Morgan fingerprint density at radius 3 is 2.63 bits per heavy atom. The third kappa shape index (κ3) is 6.76. The van der Waals surface area contributed by atoms with Gasteiger partial charge in [-0.2, -0.15) is 5.10 Å². The van der Waals surface area contributed by atoms with Crippen LogP contribution in [0.15, 0.2) is 36.5 Å².